The van der Waals surface area contributed by atoms with Crippen molar-refractivity contribution in [2.24, 2.45) is 5.41 Å². The van der Waals surface area contributed by atoms with Crippen LogP contribution >= 0.6 is 0 Å². The van der Waals surface area contributed by atoms with Crippen LogP contribution < -0.4 is 15.0 Å². The number of rotatable bonds is 8. The lowest BCUT2D eigenvalue weighted by Gasteiger charge is -2.63. The van der Waals surface area contributed by atoms with Gasteiger partial charge in [0.25, 0.3) is 5.91 Å². The molecule has 0 spiro atoms. The van der Waals surface area contributed by atoms with Crippen LogP contribution in [0.25, 0.3) is 11.3 Å². The summed E-state index contributed by atoms with van der Waals surface area (Å²) in [6.45, 7) is 6.96. The first kappa shape index (κ1) is 32.2. The van der Waals surface area contributed by atoms with E-state index in [1.807, 2.05) is 39.1 Å². The Balaban J connectivity index is 1.17. The summed E-state index contributed by atoms with van der Waals surface area (Å²) in [4.78, 5) is 43.4. The number of halogens is 3. The van der Waals surface area contributed by atoms with Crippen molar-refractivity contribution in [1.82, 2.24) is 25.1 Å². The molecule has 0 aromatic carbocycles. The molecule has 2 saturated heterocycles. The van der Waals surface area contributed by atoms with E-state index < -0.39 is 22.4 Å². The summed E-state index contributed by atoms with van der Waals surface area (Å²) in [6, 6.07) is 7.23. The molecule has 2 atom stereocenters. The molecular formula is C35H45F3N6O3. The molecule has 0 radical (unpaired) electrons. The van der Waals surface area contributed by atoms with E-state index in [1.165, 1.54) is 0 Å². The first-order chi connectivity index (χ1) is 22.4. The average molecular weight is 655 g/mol. The number of pyridine rings is 2. The molecule has 0 unspecified atom stereocenters. The maximum absolute atomic E-state index is 15.8. The van der Waals surface area contributed by atoms with E-state index >= 15 is 13.2 Å². The molecule has 4 aliphatic carbocycles. The predicted molar refractivity (Wildman–Crippen MR) is 172 cm³/mol. The van der Waals surface area contributed by atoms with Gasteiger partial charge >= 0.3 is 0 Å². The summed E-state index contributed by atoms with van der Waals surface area (Å²) in [6.07, 6.45) is 1.85. The number of carbonyl (C=O) groups excluding carboxylic acids is 2. The molecule has 6 fully saturated rings. The third-order valence-corrected chi connectivity index (χ3v) is 11.0. The lowest BCUT2D eigenvalue weighted by molar-refractivity contribution is -0.221. The number of likely N-dealkylation sites (tertiary alicyclic amines) is 1. The molecule has 4 bridgehead atoms. The molecule has 2 aromatic rings. The second-order valence-electron chi connectivity index (χ2n) is 14.9. The van der Waals surface area contributed by atoms with Crippen LogP contribution in [-0.4, -0.2) is 107 Å². The highest BCUT2D eigenvalue weighted by molar-refractivity contribution is 5.99. The van der Waals surface area contributed by atoms with Crippen LogP contribution in [0.2, 0.25) is 0 Å². The number of nitrogens with one attached hydrogen (secondary N) is 1. The van der Waals surface area contributed by atoms with Crippen LogP contribution in [0, 0.1) is 5.41 Å². The Kier molecular flexibility index (Phi) is 7.96. The number of hydrogen-bond acceptors (Lipinski definition) is 7. The summed E-state index contributed by atoms with van der Waals surface area (Å²) in [7, 11) is 2.03. The molecule has 6 aliphatic rings. The Hall–Kier alpha value is -3.41. The largest absolute Gasteiger partial charge is 0.477 e. The van der Waals surface area contributed by atoms with Gasteiger partial charge in [0.05, 0.1) is 29.0 Å². The van der Waals surface area contributed by atoms with E-state index in [2.05, 4.69) is 20.1 Å². The Bertz CT molecular complexity index is 1500. The minimum Gasteiger partial charge on any atom is -0.477 e. The van der Waals surface area contributed by atoms with E-state index in [-0.39, 0.29) is 68.1 Å². The van der Waals surface area contributed by atoms with E-state index in [0.29, 0.717) is 55.5 Å². The number of alkyl halides is 3. The van der Waals surface area contributed by atoms with Gasteiger partial charge in [0.1, 0.15) is 17.0 Å². The van der Waals surface area contributed by atoms with Crippen molar-refractivity contribution in [2.75, 3.05) is 51.3 Å². The lowest BCUT2D eigenvalue weighted by atomic mass is 9.46. The quantitative estimate of drug-likeness (QED) is 0.434. The zero-order valence-corrected chi connectivity index (χ0v) is 27.5. The molecule has 8 rings (SSSR count). The summed E-state index contributed by atoms with van der Waals surface area (Å²) >= 11 is 0. The van der Waals surface area contributed by atoms with Crippen LogP contribution in [0.15, 0.2) is 30.5 Å². The number of hydrogen-bond donors (Lipinski definition) is 1. The Morgan fingerprint density at radius 1 is 0.957 bits per heavy atom. The van der Waals surface area contributed by atoms with Crippen molar-refractivity contribution in [3.05, 3.63) is 36.2 Å². The fourth-order valence-electron chi connectivity index (χ4n) is 9.69. The normalized spacial score (nSPS) is 34.9. The van der Waals surface area contributed by atoms with E-state index in [4.69, 9.17) is 9.72 Å². The second kappa shape index (κ2) is 11.6. The fourth-order valence-corrected chi connectivity index (χ4v) is 9.69. The van der Waals surface area contributed by atoms with Gasteiger partial charge in [0.2, 0.25) is 11.8 Å². The van der Waals surface area contributed by atoms with E-state index in [0.717, 1.165) is 19.5 Å². The number of piperazine rings is 1. The van der Waals surface area contributed by atoms with Gasteiger partial charge in [-0.15, -0.1) is 0 Å². The molecule has 47 heavy (non-hydrogen) atoms. The summed E-state index contributed by atoms with van der Waals surface area (Å²) < 4.78 is 53.1. The third kappa shape index (κ3) is 5.84. The zero-order valence-electron chi connectivity index (χ0n) is 27.5. The number of ether oxygens (including phenoxy) is 1. The number of amides is 2. The highest BCUT2D eigenvalue weighted by atomic mass is 19.2. The minimum absolute atomic E-state index is 0.00343. The van der Waals surface area contributed by atoms with Crippen molar-refractivity contribution >= 4 is 17.5 Å². The molecule has 1 N–H and O–H groups in total. The van der Waals surface area contributed by atoms with Gasteiger partial charge in [-0.1, -0.05) is 6.92 Å². The van der Waals surface area contributed by atoms with Gasteiger partial charge in [-0.3, -0.25) is 9.59 Å². The van der Waals surface area contributed by atoms with E-state index in [9.17, 15) is 9.59 Å². The van der Waals surface area contributed by atoms with E-state index in [1.54, 1.807) is 17.2 Å². The van der Waals surface area contributed by atoms with Crippen LogP contribution in [0.5, 0.6) is 5.88 Å². The monoisotopic (exact) mass is 654 g/mol. The molecule has 2 aliphatic heterocycles. The van der Waals surface area contributed by atoms with Gasteiger partial charge in [-0.05, 0) is 76.9 Å². The number of likely N-dealkylation sites (N-methyl/N-ethyl adjacent to an activating group) is 1. The van der Waals surface area contributed by atoms with Gasteiger partial charge < -0.3 is 24.8 Å². The topological polar surface area (TPSA) is 90.9 Å². The standard InChI is InChI=1S/C35H45F3N6O3/c1-4-24-16-43(31(46)32-17-33(36)20-34(37,18-32)22-35(38,19-32)21-33)13-14-44(24)27-9-8-26(25-7-6-11-39-30(25)47-5-2)41-28(27)29(45)40-23-10-12-42(3)15-23/h6-9,11,23-24H,4-5,10,12-22H2,1-3H3,(H,40,45)/t23-,24-,32?,33?,34?,35?/m1/s1. The number of aromatic nitrogens is 2. The maximum atomic E-state index is 15.8. The molecule has 9 nitrogen and oxygen atoms in total. The molecule has 4 saturated carbocycles. The minimum atomic E-state index is -1.99. The van der Waals surface area contributed by atoms with Crippen molar-refractivity contribution in [2.45, 2.75) is 94.3 Å². The molecule has 2 amide bonds. The maximum Gasteiger partial charge on any atom is 0.272 e. The van der Waals surface area contributed by atoms with Gasteiger partial charge in [-0.2, -0.15) is 0 Å². The number of carbonyl (C=O) groups is 2. The highest BCUT2D eigenvalue weighted by Gasteiger charge is 2.72. The Morgan fingerprint density at radius 3 is 2.28 bits per heavy atom. The van der Waals surface area contributed by atoms with Gasteiger partial charge in [0, 0.05) is 63.7 Å². The van der Waals surface area contributed by atoms with Crippen molar-refractivity contribution < 1.29 is 27.5 Å². The van der Waals surface area contributed by atoms with Crippen molar-refractivity contribution in [3.63, 3.8) is 0 Å². The first-order valence-corrected chi connectivity index (χ1v) is 17.1. The summed E-state index contributed by atoms with van der Waals surface area (Å²) in [5, 5.41) is 3.18. The second-order valence-corrected chi connectivity index (χ2v) is 14.9. The van der Waals surface area contributed by atoms with Gasteiger partial charge in [-0.25, -0.2) is 23.1 Å². The van der Waals surface area contributed by atoms with Crippen LogP contribution in [0.4, 0.5) is 18.9 Å². The lowest BCUT2D eigenvalue weighted by Crippen LogP contribution is -2.69. The predicted octanol–water partition coefficient (Wildman–Crippen LogP) is 4.90. The SMILES string of the molecule is CCOc1ncccc1-c1ccc(N2CCN(C(=O)C34CC5(F)CC(F)(CC(F)(C5)C3)C4)C[C@H]2CC)c(C(=O)N[C@@H]2CCN(C)C2)n1. The zero-order chi connectivity index (χ0) is 33.2. The Labute approximate surface area is 274 Å². The first-order valence-electron chi connectivity index (χ1n) is 17.1. The molecule has 12 heteroatoms. The average Bonchev–Trinajstić information content (AvgIpc) is 3.42. The van der Waals surface area contributed by atoms with Crippen molar-refractivity contribution in [3.8, 4) is 17.1 Å². The van der Waals surface area contributed by atoms with Crippen LogP contribution in [-0.2, 0) is 4.79 Å². The molecule has 2 aromatic heterocycles. The highest BCUT2D eigenvalue weighted by Crippen LogP contribution is 2.68. The summed E-state index contributed by atoms with van der Waals surface area (Å²) in [5.41, 5.74) is -5.15. The molecule has 254 valence electrons. The molecular weight excluding hydrogens is 609 g/mol. The van der Waals surface area contributed by atoms with Gasteiger partial charge in [0.15, 0.2) is 5.69 Å². The third-order valence-electron chi connectivity index (χ3n) is 11.0. The van der Waals surface area contributed by atoms with Crippen LogP contribution in [0.1, 0.15) is 75.7 Å². The number of nitrogens with zero attached hydrogens (tertiary/aromatic N) is 5. The Morgan fingerprint density at radius 2 is 1.66 bits per heavy atom. The fraction of sp³-hybridized carbons (Fsp3) is 0.657. The summed E-state index contributed by atoms with van der Waals surface area (Å²) in [5.74, 6) is -0.180. The van der Waals surface area contributed by atoms with Crippen LogP contribution in [0.3, 0.4) is 0 Å². The van der Waals surface area contributed by atoms with Crippen molar-refractivity contribution in [1.29, 1.82) is 0 Å². The number of anilines is 1. The molecule has 4 heterocycles. The smallest absolute Gasteiger partial charge is 0.272 e.